The van der Waals surface area contributed by atoms with Gasteiger partial charge in [0.25, 0.3) is 0 Å². The minimum atomic E-state index is 0.0562. The van der Waals surface area contributed by atoms with Crippen LogP contribution in [0.2, 0.25) is 0 Å². The van der Waals surface area contributed by atoms with E-state index in [4.69, 9.17) is 10.5 Å². The van der Waals surface area contributed by atoms with Crippen LogP contribution in [0.4, 0.5) is 0 Å². The molecule has 0 saturated heterocycles. The molecular formula is C12H22N2OS. The molecule has 0 spiro atoms. The normalized spacial score (nSPS) is 15.4. The molecule has 92 valence electrons. The minimum absolute atomic E-state index is 0.0562. The predicted molar refractivity (Wildman–Crippen MR) is 68.7 cm³/mol. The minimum Gasteiger partial charge on any atom is -0.371 e. The van der Waals surface area contributed by atoms with Crippen LogP contribution in [0.1, 0.15) is 55.4 Å². The van der Waals surface area contributed by atoms with Crippen molar-refractivity contribution in [2.45, 2.75) is 46.8 Å². The van der Waals surface area contributed by atoms with E-state index in [0.717, 1.165) is 17.3 Å². The average molecular weight is 242 g/mol. The lowest BCUT2D eigenvalue weighted by molar-refractivity contribution is 0.0292. The second-order valence-electron chi connectivity index (χ2n) is 4.41. The molecule has 0 amide bonds. The van der Waals surface area contributed by atoms with Gasteiger partial charge in [-0.2, -0.15) is 0 Å². The van der Waals surface area contributed by atoms with Gasteiger partial charge in [-0.3, -0.25) is 0 Å². The van der Waals surface area contributed by atoms with Crippen molar-refractivity contribution in [3.63, 3.8) is 0 Å². The number of hydrogen-bond donors (Lipinski definition) is 1. The van der Waals surface area contributed by atoms with Gasteiger partial charge in [-0.05, 0) is 26.7 Å². The van der Waals surface area contributed by atoms with Gasteiger partial charge in [0.1, 0.15) is 11.1 Å². The van der Waals surface area contributed by atoms with Crippen molar-refractivity contribution in [3.05, 3.63) is 15.6 Å². The summed E-state index contributed by atoms with van der Waals surface area (Å²) in [6.45, 7) is 11.1. The highest BCUT2D eigenvalue weighted by Crippen LogP contribution is 2.33. The van der Waals surface area contributed by atoms with Crippen molar-refractivity contribution < 1.29 is 4.74 Å². The maximum absolute atomic E-state index is 5.91. The quantitative estimate of drug-likeness (QED) is 0.862. The van der Waals surface area contributed by atoms with Gasteiger partial charge < -0.3 is 10.5 Å². The molecule has 16 heavy (non-hydrogen) atoms. The zero-order chi connectivity index (χ0) is 12.3. The molecular weight excluding hydrogens is 220 g/mol. The molecule has 0 aliphatic rings. The maximum Gasteiger partial charge on any atom is 0.122 e. The first-order valence-electron chi connectivity index (χ1n) is 5.81. The summed E-state index contributed by atoms with van der Waals surface area (Å²) in [4.78, 5) is 5.75. The Labute approximate surface area is 102 Å². The number of aryl methyl sites for hydroxylation is 1. The number of ether oxygens (including phenoxy) is 1. The molecule has 1 rings (SSSR count). The molecule has 0 aromatic carbocycles. The van der Waals surface area contributed by atoms with Gasteiger partial charge >= 0.3 is 0 Å². The van der Waals surface area contributed by atoms with E-state index in [1.54, 1.807) is 11.3 Å². The summed E-state index contributed by atoms with van der Waals surface area (Å²) in [5, 5.41) is 1.06. The van der Waals surface area contributed by atoms with Crippen LogP contribution in [0.15, 0.2) is 0 Å². The van der Waals surface area contributed by atoms with Gasteiger partial charge in [-0.15, -0.1) is 11.3 Å². The molecule has 0 radical (unpaired) electrons. The van der Waals surface area contributed by atoms with E-state index in [1.165, 1.54) is 4.88 Å². The number of hydrogen-bond acceptors (Lipinski definition) is 4. The topological polar surface area (TPSA) is 48.1 Å². The highest BCUT2D eigenvalue weighted by atomic mass is 32.1. The molecule has 0 aliphatic heterocycles. The Hall–Kier alpha value is -0.450. The Morgan fingerprint density at radius 3 is 2.38 bits per heavy atom. The van der Waals surface area contributed by atoms with Gasteiger partial charge in [0.15, 0.2) is 0 Å². The van der Waals surface area contributed by atoms with E-state index < -0.39 is 0 Å². The predicted octanol–water partition coefficient (Wildman–Crippen LogP) is 3.20. The molecule has 2 N–H and O–H groups in total. The molecule has 0 fully saturated rings. The fraction of sp³-hybridized carbons (Fsp3) is 0.750. The summed E-state index contributed by atoms with van der Waals surface area (Å²) in [5.74, 6) is 0.437. The van der Waals surface area contributed by atoms with Crippen molar-refractivity contribution in [1.82, 2.24) is 4.98 Å². The third-order valence-corrected chi connectivity index (χ3v) is 3.88. The molecule has 3 nitrogen and oxygen atoms in total. The second kappa shape index (κ2) is 5.75. The van der Waals surface area contributed by atoms with Crippen molar-refractivity contribution in [2.24, 2.45) is 11.7 Å². The van der Waals surface area contributed by atoms with Gasteiger partial charge in [-0.1, -0.05) is 13.8 Å². The average Bonchev–Trinajstić information content (AvgIpc) is 2.56. The maximum atomic E-state index is 5.91. The monoisotopic (exact) mass is 242 g/mol. The van der Waals surface area contributed by atoms with E-state index in [9.17, 15) is 0 Å². The van der Waals surface area contributed by atoms with Gasteiger partial charge in [0.2, 0.25) is 0 Å². The lowest BCUT2D eigenvalue weighted by Gasteiger charge is -2.18. The first-order chi connectivity index (χ1) is 7.47. The molecule has 0 bridgehead atoms. The second-order valence-corrected chi connectivity index (χ2v) is 5.47. The summed E-state index contributed by atoms with van der Waals surface area (Å²) in [6.07, 6.45) is 0.0983. The number of rotatable bonds is 5. The van der Waals surface area contributed by atoms with Crippen LogP contribution < -0.4 is 5.73 Å². The summed E-state index contributed by atoms with van der Waals surface area (Å²) < 4.78 is 5.74. The third-order valence-electron chi connectivity index (χ3n) is 2.46. The zero-order valence-electron chi connectivity index (χ0n) is 10.8. The number of nitrogens with two attached hydrogens (primary N) is 1. The van der Waals surface area contributed by atoms with E-state index >= 15 is 0 Å². The molecule has 4 heteroatoms. The highest BCUT2D eigenvalue weighted by molar-refractivity contribution is 7.11. The summed E-state index contributed by atoms with van der Waals surface area (Å²) >= 11 is 1.68. The van der Waals surface area contributed by atoms with Crippen LogP contribution in [0.25, 0.3) is 0 Å². The lowest BCUT2D eigenvalue weighted by Crippen LogP contribution is -2.10. The Morgan fingerprint density at radius 1 is 1.38 bits per heavy atom. The summed E-state index contributed by atoms with van der Waals surface area (Å²) in [6, 6.07) is 0.0562. The Morgan fingerprint density at radius 2 is 2.00 bits per heavy atom. The van der Waals surface area contributed by atoms with E-state index in [1.807, 2.05) is 20.8 Å². The smallest absolute Gasteiger partial charge is 0.122 e. The van der Waals surface area contributed by atoms with Crippen molar-refractivity contribution >= 4 is 11.3 Å². The Kier molecular flexibility index (Phi) is 4.89. The van der Waals surface area contributed by atoms with Crippen molar-refractivity contribution in [3.8, 4) is 0 Å². The first-order valence-corrected chi connectivity index (χ1v) is 6.63. The van der Waals surface area contributed by atoms with Gasteiger partial charge in [-0.25, -0.2) is 4.98 Å². The molecule has 0 saturated carbocycles. The lowest BCUT2D eigenvalue weighted by atomic mass is 10.1. The molecule has 1 heterocycles. The van der Waals surface area contributed by atoms with Crippen LogP contribution >= 0.6 is 11.3 Å². The molecule has 2 atom stereocenters. The summed E-state index contributed by atoms with van der Waals surface area (Å²) in [7, 11) is 0. The molecule has 2 unspecified atom stereocenters. The largest absolute Gasteiger partial charge is 0.371 e. The Balaban J connectivity index is 2.97. The van der Waals surface area contributed by atoms with Crippen LogP contribution in [0.5, 0.6) is 0 Å². The van der Waals surface area contributed by atoms with Crippen LogP contribution in [-0.2, 0) is 4.74 Å². The number of nitrogens with zero attached hydrogens (tertiary/aromatic N) is 1. The summed E-state index contributed by atoms with van der Waals surface area (Å²) in [5.41, 5.74) is 6.95. The highest BCUT2D eigenvalue weighted by Gasteiger charge is 2.22. The number of thiazole rings is 1. The standard InChI is InChI=1S/C12H22N2OS/c1-6-15-10(7(2)3)12-14-9(5)11(16-12)8(4)13/h7-8,10H,6,13H2,1-5H3. The number of aromatic nitrogens is 1. The van der Waals surface area contributed by atoms with E-state index in [0.29, 0.717) is 5.92 Å². The van der Waals surface area contributed by atoms with E-state index in [2.05, 4.69) is 18.8 Å². The van der Waals surface area contributed by atoms with Crippen LogP contribution in [0.3, 0.4) is 0 Å². The van der Waals surface area contributed by atoms with Crippen LogP contribution in [0, 0.1) is 12.8 Å². The molecule has 1 aromatic rings. The van der Waals surface area contributed by atoms with E-state index in [-0.39, 0.29) is 12.1 Å². The fourth-order valence-electron chi connectivity index (χ4n) is 1.70. The van der Waals surface area contributed by atoms with Gasteiger partial charge in [0.05, 0.1) is 5.69 Å². The van der Waals surface area contributed by atoms with Gasteiger partial charge in [0, 0.05) is 17.5 Å². The zero-order valence-corrected chi connectivity index (χ0v) is 11.6. The SMILES string of the molecule is CCOC(c1nc(C)c(C(C)N)s1)C(C)C. The van der Waals surface area contributed by atoms with Crippen molar-refractivity contribution in [1.29, 1.82) is 0 Å². The fourth-order valence-corrected chi connectivity index (χ4v) is 2.95. The van der Waals surface area contributed by atoms with Crippen LogP contribution in [-0.4, -0.2) is 11.6 Å². The molecule has 0 aliphatic carbocycles. The third kappa shape index (κ3) is 3.03. The molecule has 1 aromatic heterocycles. The Bertz CT molecular complexity index is 334. The first kappa shape index (κ1) is 13.6. The van der Waals surface area contributed by atoms with Crippen molar-refractivity contribution in [2.75, 3.05) is 6.61 Å².